The number of carbonyl (C=O) groups excluding carboxylic acids is 1. The van der Waals surface area contributed by atoms with Gasteiger partial charge in [-0.05, 0) is 104 Å². The minimum Gasteiger partial charge on any atom is -0.406 e. The van der Waals surface area contributed by atoms with Gasteiger partial charge in [0.2, 0.25) is 0 Å². The largest absolute Gasteiger partial charge is 0.573 e. The van der Waals surface area contributed by atoms with Crippen LogP contribution in [0.4, 0.5) is 24.5 Å². The Balaban J connectivity index is 1.31. The Morgan fingerprint density at radius 2 is 1.87 bits per heavy atom. The van der Waals surface area contributed by atoms with Crippen LogP contribution in [-0.4, -0.2) is 32.4 Å². The number of alkyl halides is 3. The third-order valence-corrected chi connectivity index (χ3v) is 11.3. The topological polar surface area (TPSA) is 90.8 Å². The van der Waals surface area contributed by atoms with Gasteiger partial charge in [-0.25, -0.2) is 5.84 Å². The smallest absolute Gasteiger partial charge is 0.406 e. The van der Waals surface area contributed by atoms with Gasteiger partial charge >= 0.3 is 6.36 Å². The van der Waals surface area contributed by atoms with Crippen molar-refractivity contribution in [2.75, 3.05) is 31.0 Å². The Bertz CT molecular complexity index is 1070. The first-order valence-corrected chi connectivity index (χ1v) is 14.6. The maximum atomic E-state index is 13.7. The highest BCUT2D eigenvalue weighted by atomic mass is 19.4. The summed E-state index contributed by atoms with van der Waals surface area (Å²) in [6.45, 7) is 5.43. The number of nitrogens with zero attached hydrogens (tertiary/aromatic N) is 1. The molecule has 0 heterocycles. The Kier molecular flexibility index (Phi) is 7.63. The number of halogens is 3. The van der Waals surface area contributed by atoms with Gasteiger partial charge in [0.15, 0.2) is 5.78 Å². The molecule has 3 unspecified atom stereocenters. The quantitative estimate of drug-likeness (QED) is 0.234. The van der Waals surface area contributed by atoms with Crippen LogP contribution in [0.1, 0.15) is 71.6 Å². The second kappa shape index (κ2) is 10.4. The summed E-state index contributed by atoms with van der Waals surface area (Å²) in [7, 11) is 1.85. The van der Waals surface area contributed by atoms with Crippen LogP contribution < -0.4 is 21.3 Å². The number of hydrazine groups is 1. The van der Waals surface area contributed by atoms with E-state index in [2.05, 4.69) is 18.6 Å². The number of hydrogen-bond acceptors (Lipinski definition) is 6. The van der Waals surface area contributed by atoms with Gasteiger partial charge in [0.25, 0.3) is 0 Å². The minimum atomic E-state index is -4.83. The highest BCUT2D eigenvalue weighted by Crippen LogP contribution is 2.68. The summed E-state index contributed by atoms with van der Waals surface area (Å²) in [6.07, 6.45) is 5.52. The third-order valence-electron chi connectivity index (χ3n) is 11.3. The molecule has 4 fully saturated rings. The molecule has 6 nitrogen and oxygen atoms in total. The van der Waals surface area contributed by atoms with Crippen LogP contribution in [0.3, 0.4) is 0 Å². The van der Waals surface area contributed by atoms with Crippen molar-refractivity contribution >= 4 is 17.2 Å². The fourth-order valence-electron chi connectivity index (χ4n) is 9.68. The van der Waals surface area contributed by atoms with Crippen LogP contribution >= 0.6 is 0 Å². The molecular formula is C30H44F3N3O3. The molecule has 0 bridgehead atoms. The van der Waals surface area contributed by atoms with E-state index in [9.17, 15) is 18.0 Å². The Hall–Kier alpha value is -2.00. The molecule has 1 aromatic rings. The molecule has 4 aliphatic carbocycles. The van der Waals surface area contributed by atoms with Crippen molar-refractivity contribution in [2.45, 2.75) is 78.0 Å². The van der Waals surface area contributed by atoms with Crippen molar-refractivity contribution in [1.29, 1.82) is 0 Å². The molecule has 5 rings (SSSR count). The first-order valence-electron chi connectivity index (χ1n) is 14.6. The SMILES string of the molecule is COC[C@]12CC[C@H](C)CC1CC[C@@H]1C2CC[C@@]2(C)C1CC[C@@H]2C(=O)CN(N)c1cc(OC(F)(F)F)ccc1N. The molecule has 39 heavy (non-hydrogen) atoms. The summed E-state index contributed by atoms with van der Waals surface area (Å²) in [6, 6.07) is 3.59. The summed E-state index contributed by atoms with van der Waals surface area (Å²) < 4.78 is 48.1. The van der Waals surface area contributed by atoms with Crippen molar-refractivity contribution in [3.63, 3.8) is 0 Å². The Labute approximate surface area is 229 Å². The molecule has 218 valence electrons. The fraction of sp³-hybridized carbons (Fsp3) is 0.767. The van der Waals surface area contributed by atoms with E-state index in [0.717, 1.165) is 56.3 Å². The van der Waals surface area contributed by atoms with Gasteiger partial charge in [-0.3, -0.25) is 4.79 Å². The predicted molar refractivity (Wildman–Crippen MR) is 145 cm³/mol. The van der Waals surface area contributed by atoms with E-state index in [4.69, 9.17) is 16.3 Å². The lowest BCUT2D eigenvalue weighted by molar-refractivity contribution is -0.274. The summed E-state index contributed by atoms with van der Waals surface area (Å²) in [5, 5.41) is 1.17. The third kappa shape index (κ3) is 5.14. The summed E-state index contributed by atoms with van der Waals surface area (Å²) >= 11 is 0. The number of Topliss-reactive ketones (excluding diaryl/α,β-unsaturated/α-hetero) is 1. The van der Waals surface area contributed by atoms with E-state index >= 15 is 0 Å². The summed E-state index contributed by atoms with van der Waals surface area (Å²) in [4.78, 5) is 13.7. The minimum absolute atomic E-state index is 0.0364. The number of benzene rings is 1. The van der Waals surface area contributed by atoms with Gasteiger partial charge in [-0.2, -0.15) is 0 Å². The predicted octanol–water partition coefficient (Wildman–Crippen LogP) is 6.34. The second-order valence-corrected chi connectivity index (χ2v) is 13.2. The van der Waals surface area contributed by atoms with Crippen molar-refractivity contribution in [3.8, 4) is 5.75 Å². The maximum Gasteiger partial charge on any atom is 0.573 e. The van der Waals surface area contributed by atoms with Crippen molar-refractivity contribution in [2.24, 2.45) is 52.2 Å². The molecule has 4 N–H and O–H groups in total. The lowest BCUT2D eigenvalue weighted by Gasteiger charge is -2.62. The molecule has 0 aliphatic heterocycles. The highest BCUT2D eigenvalue weighted by Gasteiger charge is 2.62. The number of rotatable bonds is 7. The number of fused-ring (bicyclic) bond motifs is 5. The molecule has 1 aromatic carbocycles. The van der Waals surface area contributed by atoms with Crippen LogP contribution in [0.2, 0.25) is 0 Å². The van der Waals surface area contributed by atoms with Gasteiger partial charge in [0.05, 0.1) is 24.5 Å². The number of methoxy groups -OCH3 is 1. The molecule has 4 aliphatic rings. The average Bonchev–Trinajstić information content (AvgIpc) is 3.22. The molecule has 0 saturated heterocycles. The van der Waals surface area contributed by atoms with Crippen molar-refractivity contribution in [3.05, 3.63) is 18.2 Å². The van der Waals surface area contributed by atoms with Crippen LogP contribution in [0.5, 0.6) is 5.75 Å². The normalized spacial score (nSPS) is 37.9. The lowest BCUT2D eigenvalue weighted by atomic mass is 9.44. The zero-order valence-corrected chi connectivity index (χ0v) is 23.4. The van der Waals surface area contributed by atoms with Crippen LogP contribution in [0, 0.1) is 46.3 Å². The summed E-state index contributed by atoms with van der Waals surface area (Å²) in [5.41, 5.74) is 6.53. The zero-order chi connectivity index (χ0) is 28.2. The van der Waals surface area contributed by atoms with Gasteiger partial charge < -0.3 is 20.2 Å². The zero-order valence-electron chi connectivity index (χ0n) is 23.4. The van der Waals surface area contributed by atoms with E-state index in [0.29, 0.717) is 17.8 Å². The van der Waals surface area contributed by atoms with Crippen LogP contribution in [0.25, 0.3) is 0 Å². The highest BCUT2D eigenvalue weighted by molar-refractivity contribution is 5.87. The lowest BCUT2D eigenvalue weighted by Crippen LogP contribution is -2.56. The number of nitrogens with two attached hydrogens (primary N) is 2. The maximum absolute atomic E-state index is 13.7. The number of anilines is 2. The molecule has 8 atom stereocenters. The van der Waals surface area contributed by atoms with Gasteiger partial charge in [0.1, 0.15) is 5.75 Å². The fourth-order valence-corrected chi connectivity index (χ4v) is 9.68. The number of carbonyl (C=O) groups is 1. The van der Waals surface area contributed by atoms with E-state index in [1.54, 1.807) is 0 Å². The number of ketones is 1. The second-order valence-electron chi connectivity index (χ2n) is 13.2. The molecule has 4 saturated carbocycles. The van der Waals surface area contributed by atoms with E-state index in [1.807, 2.05) is 7.11 Å². The Morgan fingerprint density at radius 3 is 2.59 bits per heavy atom. The number of hydrogen-bond donors (Lipinski definition) is 2. The van der Waals surface area contributed by atoms with Crippen LogP contribution in [-0.2, 0) is 9.53 Å². The molecular weight excluding hydrogens is 507 g/mol. The van der Waals surface area contributed by atoms with Gasteiger partial charge in [-0.15, -0.1) is 13.2 Å². The van der Waals surface area contributed by atoms with Crippen molar-refractivity contribution in [1.82, 2.24) is 0 Å². The molecule has 9 heteroatoms. The van der Waals surface area contributed by atoms with E-state index in [-0.39, 0.29) is 40.5 Å². The molecule has 0 aromatic heterocycles. The monoisotopic (exact) mass is 551 g/mol. The molecule has 0 spiro atoms. The van der Waals surface area contributed by atoms with Gasteiger partial charge in [-0.1, -0.05) is 20.3 Å². The van der Waals surface area contributed by atoms with E-state index in [1.165, 1.54) is 43.2 Å². The first kappa shape index (κ1) is 28.5. The van der Waals surface area contributed by atoms with Gasteiger partial charge in [0, 0.05) is 19.1 Å². The molecule has 0 radical (unpaired) electrons. The standard InChI is InChI=1S/C30H44F3N3O3/c1-18-10-13-29(17-38-3)19(14-18)4-6-21-22-7-8-24(28(22,2)12-11-23(21)29)27(37)16-36(35)26-15-20(5-9-25(26)34)39-30(31,32)33/h5,9,15,18-19,21-24H,4,6-8,10-14,16-17,34-35H2,1-3H3/t18-,19?,21-,22?,23?,24+,28-,29+/m0/s1. The first-order chi connectivity index (χ1) is 18.4. The summed E-state index contributed by atoms with van der Waals surface area (Å²) in [5.74, 6) is 9.02. The molecule has 0 amide bonds. The van der Waals surface area contributed by atoms with Crippen molar-refractivity contribution < 1.29 is 27.4 Å². The van der Waals surface area contributed by atoms with Crippen LogP contribution in [0.15, 0.2) is 18.2 Å². The Morgan fingerprint density at radius 1 is 1.10 bits per heavy atom. The number of ether oxygens (including phenoxy) is 2. The number of nitrogen functional groups attached to an aromatic ring is 1. The average molecular weight is 552 g/mol. The van der Waals surface area contributed by atoms with E-state index < -0.39 is 12.1 Å².